The number of nitrogens with zero attached hydrogens (tertiary/aromatic N) is 1. The van der Waals surface area contributed by atoms with Crippen LogP contribution in [0.25, 0.3) is 0 Å². The van der Waals surface area contributed by atoms with E-state index in [1.165, 1.54) is 38.1 Å². The van der Waals surface area contributed by atoms with Crippen LogP contribution in [-0.4, -0.2) is 22.8 Å². The van der Waals surface area contributed by atoms with Gasteiger partial charge in [0.15, 0.2) is 0 Å². The normalized spacial score (nSPS) is 14.2. The molecular weight excluding hydrogens is 355 g/mol. The van der Waals surface area contributed by atoms with Crippen molar-refractivity contribution in [2.24, 2.45) is 0 Å². The third-order valence-electron chi connectivity index (χ3n) is 3.78. The Labute approximate surface area is 145 Å². The molecule has 0 aliphatic carbocycles. The van der Waals surface area contributed by atoms with Gasteiger partial charge in [-0.1, -0.05) is 31.0 Å². The molecule has 136 valence electrons. The number of benzene rings is 1. The molecule has 0 N–H and O–H groups in total. The lowest BCUT2D eigenvalue weighted by Gasteiger charge is -2.14. The molecule has 0 saturated heterocycles. The average Bonchev–Trinajstić information content (AvgIpc) is 3.12. The zero-order valence-corrected chi connectivity index (χ0v) is 13.6. The second-order valence-electron chi connectivity index (χ2n) is 5.87. The maximum Gasteiger partial charge on any atom is 0.420 e. The minimum Gasteiger partial charge on any atom is -0.468 e. The van der Waals surface area contributed by atoms with Gasteiger partial charge in [0, 0.05) is 5.92 Å². The van der Waals surface area contributed by atoms with E-state index in [2.05, 4.69) is 0 Å². The van der Waals surface area contributed by atoms with Crippen molar-refractivity contribution in [1.82, 2.24) is 5.06 Å². The van der Waals surface area contributed by atoms with Gasteiger partial charge in [0.25, 0.3) is 11.8 Å². The summed E-state index contributed by atoms with van der Waals surface area (Å²) in [5, 5.41) is 0.157. The second-order valence-corrected chi connectivity index (χ2v) is 5.87. The number of hydrogen-bond acceptors (Lipinski definition) is 5. The molecule has 2 aromatic rings. The summed E-state index contributed by atoms with van der Waals surface area (Å²) in [6.45, 7) is 3.05. The molecule has 1 aliphatic rings. The number of alkyl halides is 3. The van der Waals surface area contributed by atoms with Crippen LogP contribution in [0.4, 0.5) is 13.2 Å². The van der Waals surface area contributed by atoms with E-state index in [9.17, 15) is 27.6 Å². The monoisotopic (exact) mass is 367 g/mol. The van der Waals surface area contributed by atoms with Crippen LogP contribution in [0.5, 0.6) is 0 Å². The van der Waals surface area contributed by atoms with Gasteiger partial charge in [-0.05, 0) is 12.1 Å². The first-order chi connectivity index (χ1) is 12.1. The van der Waals surface area contributed by atoms with Crippen LogP contribution in [0.3, 0.4) is 0 Å². The average molecular weight is 367 g/mol. The first kappa shape index (κ1) is 17.7. The number of imide groups is 1. The third-order valence-corrected chi connectivity index (χ3v) is 3.78. The van der Waals surface area contributed by atoms with Crippen LogP contribution in [0.2, 0.25) is 0 Å². The second kappa shape index (κ2) is 6.01. The number of fused-ring (bicyclic) bond motifs is 1. The summed E-state index contributed by atoms with van der Waals surface area (Å²) >= 11 is 0. The molecule has 2 amide bonds. The molecule has 3 rings (SSSR count). The predicted molar refractivity (Wildman–Crippen MR) is 80.2 cm³/mol. The first-order valence-corrected chi connectivity index (χ1v) is 7.51. The highest BCUT2D eigenvalue weighted by Gasteiger charge is 2.44. The number of rotatable bonds is 3. The third kappa shape index (κ3) is 2.75. The Bertz CT molecular complexity index is 878. The van der Waals surface area contributed by atoms with Gasteiger partial charge in [0.2, 0.25) is 0 Å². The largest absolute Gasteiger partial charge is 0.468 e. The summed E-state index contributed by atoms with van der Waals surface area (Å²) < 4.78 is 44.3. The van der Waals surface area contributed by atoms with Gasteiger partial charge in [0.1, 0.15) is 23.2 Å². The number of hydrogen-bond donors (Lipinski definition) is 0. The summed E-state index contributed by atoms with van der Waals surface area (Å²) in [5.74, 6) is -4.16. The van der Waals surface area contributed by atoms with Gasteiger partial charge < -0.3 is 9.25 Å². The number of amides is 2. The van der Waals surface area contributed by atoms with E-state index in [0.717, 1.165) is 0 Å². The molecule has 26 heavy (non-hydrogen) atoms. The van der Waals surface area contributed by atoms with Gasteiger partial charge in [-0.15, -0.1) is 0 Å². The van der Waals surface area contributed by atoms with E-state index in [0.29, 0.717) is 6.26 Å². The smallest absolute Gasteiger partial charge is 0.420 e. The molecule has 1 aromatic heterocycles. The first-order valence-electron chi connectivity index (χ1n) is 7.51. The van der Waals surface area contributed by atoms with E-state index in [4.69, 9.17) is 9.25 Å². The molecule has 0 atom stereocenters. The topological polar surface area (TPSA) is 76.8 Å². The number of carbonyl (C=O) groups is 3. The van der Waals surface area contributed by atoms with Crippen molar-refractivity contribution in [1.29, 1.82) is 0 Å². The molecule has 0 saturated carbocycles. The lowest BCUT2D eigenvalue weighted by molar-refractivity contribution is -0.138. The fraction of sp³-hybridized carbons (Fsp3) is 0.235. The van der Waals surface area contributed by atoms with Crippen LogP contribution >= 0.6 is 0 Å². The molecule has 0 radical (unpaired) electrons. The Hall–Kier alpha value is -3.10. The standard InChI is InChI=1S/C17H12F3NO5/c1-8(2)13-12(11(7-25-13)17(18,19)20)16(24)26-21-14(22)9-5-3-4-6-10(9)15(21)23/h3-8H,1-2H3. The summed E-state index contributed by atoms with van der Waals surface area (Å²) in [4.78, 5) is 41.5. The summed E-state index contributed by atoms with van der Waals surface area (Å²) in [6.07, 6.45) is -4.46. The number of furan rings is 1. The summed E-state index contributed by atoms with van der Waals surface area (Å²) in [5.41, 5.74) is -2.19. The summed E-state index contributed by atoms with van der Waals surface area (Å²) in [6, 6.07) is 5.71. The molecular formula is C17H12F3NO5. The van der Waals surface area contributed by atoms with Crippen LogP contribution in [0.15, 0.2) is 34.9 Å². The van der Waals surface area contributed by atoms with Crippen LogP contribution in [-0.2, 0) is 11.0 Å². The highest BCUT2D eigenvalue weighted by atomic mass is 19.4. The predicted octanol–water partition coefficient (Wildman–Crippen LogP) is 3.79. The maximum absolute atomic E-state index is 13.2. The van der Waals surface area contributed by atoms with Crippen LogP contribution < -0.4 is 0 Å². The number of carbonyl (C=O) groups excluding carboxylic acids is 3. The molecule has 0 bridgehead atoms. The summed E-state index contributed by atoms with van der Waals surface area (Å²) in [7, 11) is 0. The zero-order chi connectivity index (χ0) is 19.2. The van der Waals surface area contributed by atoms with Gasteiger partial charge >= 0.3 is 12.1 Å². The minimum atomic E-state index is -4.87. The van der Waals surface area contributed by atoms with Gasteiger partial charge in [-0.2, -0.15) is 13.2 Å². The van der Waals surface area contributed by atoms with Crippen molar-refractivity contribution in [2.75, 3.05) is 0 Å². The van der Waals surface area contributed by atoms with Crippen LogP contribution in [0, 0.1) is 0 Å². The zero-order valence-electron chi connectivity index (χ0n) is 13.6. The van der Waals surface area contributed by atoms with Crippen molar-refractivity contribution >= 4 is 17.8 Å². The van der Waals surface area contributed by atoms with Gasteiger partial charge in [-0.3, -0.25) is 9.59 Å². The van der Waals surface area contributed by atoms with Crippen molar-refractivity contribution < 1.29 is 36.8 Å². The minimum absolute atomic E-state index is 0.00220. The Morgan fingerprint density at radius 3 is 2.12 bits per heavy atom. The van der Waals surface area contributed by atoms with Crippen molar-refractivity contribution in [2.45, 2.75) is 25.9 Å². The molecule has 2 heterocycles. The quantitative estimate of drug-likeness (QED) is 0.772. The lowest BCUT2D eigenvalue weighted by atomic mass is 10.0. The van der Waals surface area contributed by atoms with E-state index < -0.39 is 41.0 Å². The molecule has 9 heteroatoms. The maximum atomic E-state index is 13.2. The Kier molecular flexibility index (Phi) is 4.09. The van der Waals surface area contributed by atoms with E-state index in [1.54, 1.807) is 0 Å². The SMILES string of the molecule is CC(C)c1occ(C(F)(F)F)c1C(=O)ON1C(=O)c2ccccc2C1=O. The van der Waals surface area contributed by atoms with Gasteiger partial charge in [-0.25, -0.2) is 4.79 Å². The molecule has 0 unspecified atom stereocenters. The lowest BCUT2D eigenvalue weighted by Crippen LogP contribution is -2.33. The van der Waals surface area contributed by atoms with Crippen molar-refractivity contribution in [3.8, 4) is 0 Å². The highest BCUT2D eigenvalue weighted by molar-refractivity contribution is 6.21. The fourth-order valence-corrected chi connectivity index (χ4v) is 2.60. The van der Waals surface area contributed by atoms with E-state index >= 15 is 0 Å². The molecule has 1 aliphatic heterocycles. The van der Waals surface area contributed by atoms with Crippen LogP contribution in [0.1, 0.15) is 62.2 Å². The molecule has 0 fully saturated rings. The van der Waals surface area contributed by atoms with Crippen molar-refractivity contribution in [3.63, 3.8) is 0 Å². The Balaban J connectivity index is 1.96. The number of hydroxylamine groups is 2. The number of halogens is 3. The van der Waals surface area contributed by atoms with E-state index in [1.807, 2.05) is 0 Å². The molecule has 0 spiro atoms. The molecule has 1 aromatic carbocycles. The molecule has 6 nitrogen and oxygen atoms in total. The fourth-order valence-electron chi connectivity index (χ4n) is 2.60. The highest BCUT2D eigenvalue weighted by Crippen LogP contribution is 2.37. The van der Waals surface area contributed by atoms with Crippen molar-refractivity contribution in [3.05, 3.63) is 58.5 Å². The van der Waals surface area contributed by atoms with E-state index in [-0.39, 0.29) is 22.0 Å². The Morgan fingerprint density at radius 2 is 1.65 bits per heavy atom. The van der Waals surface area contributed by atoms with Gasteiger partial charge in [0.05, 0.1) is 11.1 Å². The Morgan fingerprint density at radius 1 is 1.12 bits per heavy atom.